The van der Waals surface area contributed by atoms with E-state index in [1.54, 1.807) is 0 Å². The first-order chi connectivity index (χ1) is 6.92. The second-order valence-electron chi connectivity index (χ2n) is 4.53. The Morgan fingerprint density at radius 2 is 1.80 bits per heavy atom. The van der Waals surface area contributed by atoms with Crippen LogP contribution in [0.4, 0.5) is 0 Å². The van der Waals surface area contributed by atoms with E-state index in [9.17, 15) is 0 Å². The van der Waals surface area contributed by atoms with Crippen LogP contribution in [0.25, 0.3) is 5.57 Å². The molecule has 0 heterocycles. The highest BCUT2D eigenvalue weighted by Gasteiger charge is 2.08. The van der Waals surface area contributed by atoms with Crippen LogP contribution in [0.3, 0.4) is 0 Å². The van der Waals surface area contributed by atoms with E-state index < -0.39 is 10.0 Å². The van der Waals surface area contributed by atoms with Gasteiger partial charge in [-0.15, -0.1) is 0 Å². The fraction of sp³-hybridized carbons (Fsp3) is 0.308. The molecule has 0 saturated heterocycles. The molecule has 0 atom stereocenters. The van der Waals surface area contributed by atoms with E-state index in [0.717, 1.165) is 11.3 Å². The van der Waals surface area contributed by atoms with Crippen LogP contribution in [0.1, 0.15) is 11.1 Å². The van der Waals surface area contributed by atoms with Gasteiger partial charge >= 0.3 is 0 Å². The van der Waals surface area contributed by atoms with Crippen LogP contribution in [-0.2, 0) is 0 Å². The van der Waals surface area contributed by atoms with Crippen molar-refractivity contribution < 1.29 is 0 Å². The predicted octanol–water partition coefficient (Wildman–Crippen LogP) is 3.27. The number of hydrogen-bond acceptors (Lipinski definition) is 1. The molecule has 0 aromatic heterocycles. The highest BCUT2D eigenvalue weighted by atomic mass is 32.3. The summed E-state index contributed by atoms with van der Waals surface area (Å²) in [7, 11) is -0.552. The molecule has 0 spiro atoms. The molecular formula is C13H17NS. The number of nitriles is 1. The maximum absolute atomic E-state index is 8.69. The lowest BCUT2D eigenvalue weighted by Crippen LogP contribution is -2.00. The van der Waals surface area contributed by atoms with E-state index in [0.29, 0.717) is 5.56 Å². The average Bonchev–Trinajstić information content (AvgIpc) is 2.15. The molecule has 1 nitrogen and oxygen atoms in total. The number of benzene rings is 1. The Morgan fingerprint density at radius 1 is 1.27 bits per heavy atom. The van der Waals surface area contributed by atoms with Crippen molar-refractivity contribution in [2.24, 2.45) is 0 Å². The van der Waals surface area contributed by atoms with Crippen molar-refractivity contribution in [2.75, 3.05) is 24.5 Å². The lowest BCUT2D eigenvalue weighted by atomic mass is 10.1. The molecule has 0 amide bonds. The SMILES string of the molecule is C=C(CS(C)(C)C)c1ccc(C#N)cc1. The minimum absolute atomic E-state index is 0.552. The lowest BCUT2D eigenvalue weighted by molar-refractivity contribution is 1.47. The predicted molar refractivity (Wildman–Crippen MR) is 70.4 cm³/mol. The zero-order valence-corrected chi connectivity index (χ0v) is 10.4. The molecule has 15 heavy (non-hydrogen) atoms. The second-order valence-corrected chi connectivity index (χ2v) is 9.00. The maximum Gasteiger partial charge on any atom is 0.0991 e. The van der Waals surface area contributed by atoms with Crippen molar-refractivity contribution in [3.63, 3.8) is 0 Å². The molecule has 0 unspecified atom stereocenters. The molecular weight excluding hydrogens is 202 g/mol. The third kappa shape index (κ3) is 3.81. The summed E-state index contributed by atoms with van der Waals surface area (Å²) in [5.74, 6) is 1.05. The fourth-order valence-corrected chi connectivity index (χ4v) is 2.60. The first-order valence-corrected chi connectivity index (χ1v) is 7.79. The van der Waals surface area contributed by atoms with Crippen LogP contribution < -0.4 is 0 Å². The van der Waals surface area contributed by atoms with Gasteiger partial charge in [0.25, 0.3) is 0 Å². The molecule has 1 aromatic carbocycles. The molecule has 0 fully saturated rings. The molecule has 1 rings (SSSR count). The van der Waals surface area contributed by atoms with Crippen molar-refractivity contribution >= 4 is 15.6 Å². The van der Waals surface area contributed by atoms with Crippen molar-refractivity contribution in [3.8, 4) is 6.07 Å². The van der Waals surface area contributed by atoms with E-state index in [4.69, 9.17) is 5.26 Å². The van der Waals surface area contributed by atoms with Crippen LogP contribution in [0.15, 0.2) is 30.8 Å². The zero-order chi connectivity index (χ0) is 11.5. The summed E-state index contributed by atoms with van der Waals surface area (Å²) >= 11 is 0. The van der Waals surface area contributed by atoms with Gasteiger partial charge in [0.2, 0.25) is 0 Å². The molecule has 1 aromatic rings. The average molecular weight is 219 g/mol. The lowest BCUT2D eigenvalue weighted by Gasteiger charge is -2.26. The minimum Gasteiger partial charge on any atom is -0.246 e. The molecule has 0 radical (unpaired) electrons. The molecule has 80 valence electrons. The van der Waals surface area contributed by atoms with E-state index >= 15 is 0 Å². The first kappa shape index (κ1) is 11.9. The molecule has 0 saturated carbocycles. The molecule has 0 aliphatic rings. The standard InChI is InChI=1S/C13H17NS/c1-11(10-15(2,3)4)13-7-5-12(9-14)6-8-13/h5-8H,1,10H2,2-4H3. The normalized spacial score (nSPS) is 11.9. The largest absolute Gasteiger partial charge is 0.246 e. The third-order valence-corrected chi connectivity index (χ3v) is 3.24. The van der Waals surface area contributed by atoms with Gasteiger partial charge in [-0.05, 0) is 42.0 Å². The van der Waals surface area contributed by atoms with E-state index in [2.05, 4.69) is 31.4 Å². The Balaban J connectivity index is 2.80. The van der Waals surface area contributed by atoms with Crippen LogP contribution in [0.5, 0.6) is 0 Å². The number of rotatable bonds is 3. The molecule has 0 aliphatic carbocycles. The van der Waals surface area contributed by atoms with Crippen LogP contribution >= 0.6 is 10.0 Å². The smallest absolute Gasteiger partial charge is 0.0991 e. The quantitative estimate of drug-likeness (QED) is 0.765. The Morgan fingerprint density at radius 3 is 2.20 bits per heavy atom. The summed E-state index contributed by atoms with van der Waals surface area (Å²) in [6.45, 7) is 4.10. The highest BCUT2D eigenvalue weighted by molar-refractivity contribution is 8.32. The van der Waals surface area contributed by atoms with Gasteiger partial charge < -0.3 is 0 Å². The van der Waals surface area contributed by atoms with E-state index in [1.807, 2.05) is 24.3 Å². The minimum atomic E-state index is -0.552. The van der Waals surface area contributed by atoms with Crippen molar-refractivity contribution in [1.82, 2.24) is 0 Å². The Labute approximate surface area is 93.7 Å². The van der Waals surface area contributed by atoms with E-state index in [-0.39, 0.29) is 0 Å². The fourth-order valence-electron chi connectivity index (χ4n) is 1.39. The van der Waals surface area contributed by atoms with Gasteiger partial charge in [0, 0.05) is 5.75 Å². The molecule has 0 aliphatic heterocycles. The van der Waals surface area contributed by atoms with E-state index in [1.165, 1.54) is 5.57 Å². The summed E-state index contributed by atoms with van der Waals surface area (Å²) in [5, 5.41) is 8.69. The van der Waals surface area contributed by atoms with Crippen molar-refractivity contribution in [2.45, 2.75) is 0 Å². The number of nitrogens with zero attached hydrogens (tertiary/aromatic N) is 1. The summed E-state index contributed by atoms with van der Waals surface area (Å²) < 4.78 is 0. The van der Waals surface area contributed by atoms with Crippen LogP contribution in [0, 0.1) is 11.3 Å². The van der Waals surface area contributed by atoms with Crippen molar-refractivity contribution in [3.05, 3.63) is 42.0 Å². The summed E-state index contributed by atoms with van der Waals surface area (Å²) in [5.41, 5.74) is 3.02. The van der Waals surface area contributed by atoms with Gasteiger partial charge in [0.15, 0.2) is 0 Å². The van der Waals surface area contributed by atoms with Gasteiger partial charge in [-0.1, -0.05) is 18.7 Å². The third-order valence-electron chi connectivity index (χ3n) is 2.03. The van der Waals surface area contributed by atoms with Crippen LogP contribution in [-0.4, -0.2) is 24.5 Å². The summed E-state index contributed by atoms with van der Waals surface area (Å²) in [6, 6.07) is 9.76. The summed E-state index contributed by atoms with van der Waals surface area (Å²) in [6.07, 6.45) is 6.84. The van der Waals surface area contributed by atoms with Crippen LogP contribution in [0.2, 0.25) is 0 Å². The molecule has 0 bridgehead atoms. The molecule has 0 N–H and O–H groups in total. The zero-order valence-electron chi connectivity index (χ0n) is 9.58. The Bertz CT molecular complexity index is 390. The maximum atomic E-state index is 8.69. The second kappa shape index (κ2) is 4.55. The molecule has 2 heteroatoms. The topological polar surface area (TPSA) is 23.8 Å². The monoisotopic (exact) mass is 219 g/mol. The van der Waals surface area contributed by atoms with Gasteiger partial charge in [0.1, 0.15) is 0 Å². The highest BCUT2D eigenvalue weighted by Crippen LogP contribution is 2.38. The Hall–Kier alpha value is -1.20. The number of hydrogen-bond donors (Lipinski definition) is 0. The first-order valence-electron chi connectivity index (χ1n) is 4.77. The van der Waals surface area contributed by atoms with Gasteiger partial charge in [0.05, 0.1) is 11.6 Å². The van der Waals surface area contributed by atoms with Gasteiger partial charge in [-0.3, -0.25) is 0 Å². The Kier molecular flexibility index (Phi) is 3.60. The summed E-state index contributed by atoms with van der Waals surface area (Å²) in [4.78, 5) is 0. The van der Waals surface area contributed by atoms with Gasteiger partial charge in [-0.2, -0.15) is 5.26 Å². The van der Waals surface area contributed by atoms with Gasteiger partial charge in [-0.25, -0.2) is 10.0 Å². The van der Waals surface area contributed by atoms with Crippen molar-refractivity contribution in [1.29, 1.82) is 5.26 Å².